The summed E-state index contributed by atoms with van der Waals surface area (Å²) in [5.41, 5.74) is 5.80. The van der Waals surface area contributed by atoms with Crippen LogP contribution in [-0.2, 0) is 19.4 Å². The molecule has 0 radical (unpaired) electrons. The first-order valence-electron chi connectivity index (χ1n) is 10.6. The highest BCUT2D eigenvalue weighted by Gasteiger charge is 2.32. The minimum absolute atomic E-state index is 0.294. The summed E-state index contributed by atoms with van der Waals surface area (Å²) in [5.74, 6) is 0.658. The molecule has 2 heterocycles. The SMILES string of the molecule is C=CCn1c(C)c(C=Nc2sc3c(c2C#N)CC[C@H](C(C)(C)C)C3)c2ccccc21. The Kier molecular flexibility index (Phi) is 5.42. The van der Waals surface area contributed by atoms with Crippen molar-refractivity contribution in [2.24, 2.45) is 16.3 Å². The van der Waals surface area contributed by atoms with Crippen molar-refractivity contribution in [2.75, 3.05) is 0 Å². The first-order chi connectivity index (χ1) is 14.3. The molecule has 0 unspecified atom stereocenters. The van der Waals surface area contributed by atoms with Gasteiger partial charge in [0.1, 0.15) is 11.1 Å². The highest BCUT2D eigenvalue weighted by molar-refractivity contribution is 7.16. The third-order valence-electron chi connectivity index (χ3n) is 6.49. The summed E-state index contributed by atoms with van der Waals surface area (Å²) in [6.07, 6.45) is 7.08. The number of rotatable bonds is 4. The number of para-hydroxylation sites is 1. The van der Waals surface area contributed by atoms with Gasteiger partial charge in [0.15, 0.2) is 0 Å². The van der Waals surface area contributed by atoms with E-state index in [9.17, 15) is 5.26 Å². The van der Waals surface area contributed by atoms with Gasteiger partial charge in [-0.2, -0.15) is 5.26 Å². The lowest BCUT2D eigenvalue weighted by molar-refractivity contribution is 0.218. The summed E-state index contributed by atoms with van der Waals surface area (Å²) in [6, 6.07) is 10.9. The minimum atomic E-state index is 0.294. The molecule has 0 fully saturated rings. The Labute approximate surface area is 183 Å². The van der Waals surface area contributed by atoms with E-state index in [0.29, 0.717) is 11.3 Å². The molecule has 0 bridgehead atoms. The number of benzene rings is 1. The number of aliphatic imine (C=N–C) groups is 1. The van der Waals surface area contributed by atoms with Crippen LogP contribution in [-0.4, -0.2) is 10.8 Å². The van der Waals surface area contributed by atoms with Crippen molar-refractivity contribution in [1.29, 1.82) is 5.26 Å². The molecule has 1 atom stereocenters. The van der Waals surface area contributed by atoms with Gasteiger partial charge in [-0.3, -0.25) is 0 Å². The lowest BCUT2D eigenvalue weighted by atomic mass is 9.72. The topological polar surface area (TPSA) is 41.1 Å². The summed E-state index contributed by atoms with van der Waals surface area (Å²) in [6.45, 7) is 13.8. The molecule has 0 saturated carbocycles. The largest absolute Gasteiger partial charge is 0.340 e. The predicted molar refractivity (Wildman–Crippen MR) is 128 cm³/mol. The number of thiophene rings is 1. The zero-order chi connectivity index (χ0) is 21.5. The smallest absolute Gasteiger partial charge is 0.134 e. The van der Waals surface area contributed by atoms with E-state index in [-0.39, 0.29) is 0 Å². The summed E-state index contributed by atoms with van der Waals surface area (Å²) in [4.78, 5) is 6.21. The van der Waals surface area contributed by atoms with Crippen molar-refractivity contribution < 1.29 is 0 Å². The van der Waals surface area contributed by atoms with Crippen molar-refractivity contribution in [1.82, 2.24) is 4.57 Å². The van der Waals surface area contributed by atoms with Crippen molar-refractivity contribution in [3.63, 3.8) is 0 Å². The molecule has 154 valence electrons. The van der Waals surface area contributed by atoms with Gasteiger partial charge in [0.2, 0.25) is 0 Å². The van der Waals surface area contributed by atoms with Crippen LogP contribution in [0.5, 0.6) is 0 Å². The fraction of sp³-hybridized carbons (Fsp3) is 0.385. The fourth-order valence-electron chi connectivity index (χ4n) is 4.63. The van der Waals surface area contributed by atoms with Crippen LogP contribution in [0.25, 0.3) is 10.9 Å². The summed E-state index contributed by atoms with van der Waals surface area (Å²) >= 11 is 1.71. The second kappa shape index (κ2) is 7.89. The number of fused-ring (bicyclic) bond motifs is 2. The summed E-state index contributed by atoms with van der Waals surface area (Å²) < 4.78 is 2.27. The van der Waals surface area contributed by atoms with E-state index < -0.39 is 0 Å². The van der Waals surface area contributed by atoms with Crippen LogP contribution in [0.3, 0.4) is 0 Å². The lowest BCUT2D eigenvalue weighted by Crippen LogP contribution is -2.26. The molecule has 0 amide bonds. The van der Waals surface area contributed by atoms with Crippen molar-refractivity contribution in [3.8, 4) is 6.07 Å². The van der Waals surface area contributed by atoms with E-state index >= 15 is 0 Å². The molecule has 1 aliphatic rings. The van der Waals surface area contributed by atoms with Crippen LogP contribution >= 0.6 is 11.3 Å². The maximum atomic E-state index is 9.85. The van der Waals surface area contributed by atoms with Crippen LogP contribution in [0.1, 0.15) is 54.5 Å². The van der Waals surface area contributed by atoms with Crippen molar-refractivity contribution in [2.45, 2.75) is 53.5 Å². The Morgan fingerprint density at radius 2 is 2.10 bits per heavy atom. The average molecular weight is 416 g/mol. The fourth-order valence-corrected chi connectivity index (χ4v) is 5.85. The van der Waals surface area contributed by atoms with E-state index in [1.165, 1.54) is 27.0 Å². The number of hydrogen-bond acceptors (Lipinski definition) is 3. The molecular formula is C26H29N3S. The van der Waals surface area contributed by atoms with Crippen LogP contribution in [0.15, 0.2) is 41.9 Å². The van der Waals surface area contributed by atoms with E-state index in [1.807, 2.05) is 12.3 Å². The van der Waals surface area contributed by atoms with Crippen LogP contribution in [0, 0.1) is 29.6 Å². The number of allylic oxidation sites excluding steroid dienone is 1. The zero-order valence-corrected chi connectivity index (χ0v) is 19.1. The molecule has 4 heteroatoms. The van der Waals surface area contributed by atoms with Gasteiger partial charge in [-0.1, -0.05) is 45.0 Å². The van der Waals surface area contributed by atoms with E-state index in [4.69, 9.17) is 4.99 Å². The molecule has 4 rings (SSSR count). The van der Waals surface area contributed by atoms with Gasteiger partial charge in [-0.15, -0.1) is 17.9 Å². The van der Waals surface area contributed by atoms with Crippen molar-refractivity contribution >= 4 is 33.5 Å². The van der Waals surface area contributed by atoms with Crippen LogP contribution in [0.4, 0.5) is 5.00 Å². The molecule has 30 heavy (non-hydrogen) atoms. The predicted octanol–water partition coefficient (Wildman–Crippen LogP) is 6.97. The molecule has 0 spiro atoms. The van der Waals surface area contributed by atoms with E-state index in [1.54, 1.807) is 11.3 Å². The van der Waals surface area contributed by atoms with Gasteiger partial charge in [-0.05, 0) is 49.1 Å². The molecule has 3 nitrogen and oxygen atoms in total. The van der Waals surface area contributed by atoms with Gasteiger partial charge >= 0.3 is 0 Å². The monoisotopic (exact) mass is 415 g/mol. The van der Waals surface area contributed by atoms with Gasteiger partial charge in [-0.25, -0.2) is 4.99 Å². The van der Waals surface area contributed by atoms with Crippen molar-refractivity contribution in [3.05, 3.63) is 64.2 Å². The number of aromatic nitrogens is 1. The maximum absolute atomic E-state index is 9.85. The number of hydrogen-bond donors (Lipinski definition) is 0. The van der Waals surface area contributed by atoms with Gasteiger partial charge < -0.3 is 4.57 Å². The normalized spacial score (nSPS) is 16.7. The third kappa shape index (κ3) is 3.52. The van der Waals surface area contributed by atoms with Gasteiger partial charge in [0.25, 0.3) is 0 Å². The van der Waals surface area contributed by atoms with Gasteiger partial charge in [0, 0.05) is 39.8 Å². The quantitative estimate of drug-likeness (QED) is 0.335. The Bertz CT molecular complexity index is 1180. The van der Waals surface area contributed by atoms with Crippen LogP contribution < -0.4 is 0 Å². The molecule has 1 aliphatic carbocycles. The molecule has 2 aromatic heterocycles. The average Bonchev–Trinajstić information content (AvgIpc) is 3.20. The highest BCUT2D eigenvalue weighted by atomic mass is 32.1. The van der Waals surface area contributed by atoms with E-state index in [2.05, 4.69) is 69.2 Å². The molecule has 1 aromatic carbocycles. The number of nitrogens with zero attached hydrogens (tertiary/aromatic N) is 3. The standard InChI is InChI=1S/C26H29N3S/c1-6-13-29-17(2)22(19-9-7-8-10-23(19)29)16-28-25-21(15-27)20-12-11-18(26(3,4)5)14-24(20)30-25/h6-10,16,18H,1,11-14H2,2-5H3/t18-/m0/s1. The second-order valence-corrected chi connectivity index (χ2v) is 10.4. The summed E-state index contributed by atoms with van der Waals surface area (Å²) in [7, 11) is 0. The zero-order valence-electron chi connectivity index (χ0n) is 18.3. The number of nitriles is 1. The Morgan fingerprint density at radius 3 is 2.80 bits per heavy atom. The summed E-state index contributed by atoms with van der Waals surface area (Å²) in [5, 5.41) is 11.9. The Balaban J connectivity index is 1.75. The minimum Gasteiger partial charge on any atom is -0.340 e. The van der Waals surface area contributed by atoms with Gasteiger partial charge in [0.05, 0.1) is 5.56 Å². The molecular weight excluding hydrogens is 386 g/mol. The molecule has 0 saturated heterocycles. The Hall–Kier alpha value is -2.64. The highest BCUT2D eigenvalue weighted by Crippen LogP contribution is 2.45. The lowest BCUT2D eigenvalue weighted by Gasteiger charge is -2.33. The van der Waals surface area contributed by atoms with Crippen LogP contribution in [0.2, 0.25) is 0 Å². The Morgan fingerprint density at radius 1 is 1.33 bits per heavy atom. The maximum Gasteiger partial charge on any atom is 0.134 e. The third-order valence-corrected chi connectivity index (χ3v) is 7.65. The molecule has 0 N–H and O–H groups in total. The van der Waals surface area contributed by atoms with E-state index in [0.717, 1.165) is 41.9 Å². The molecule has 3 aromatic rings. The first-order valence-corrected chi connectivity index (χ1v) is 11.4. The first kappa shape index (κ1) is 20.6. The second-order valence-electron chi connectivity index (χ2n) is 9.28. The molecule has 0 aliphatic heterocycles.